The molecule has 0 spiro atoms. The third-order valence-corrected chi connectivity index (χ3v) is 12.1. The monoisotopic (exact) mass is 618 g/mol. The second-order valence-electron chi connectivity index (χ2n) is 13.9. The van der Waals surface area contributed by atoms with Gasteiger partial charge in [-0.05, 0) is 91.7 Å². The van der Waals surface area contributed by atoms with Crippen molar-refractivity contribution in [1.29, 1.82) is 0 Å². The van der Waals surface area contributed by atoms with Gasteiger partial charge >= 0.3 is 5.97 Å². The summed E-state index contributed by atoms with van der Waals surface area (Å²) in [6, 6.07) is 7.29. The molecule has 8 atom stereocenters. The first kappa shape index (κ1) is 31.6. The lowest BCUT2D eigenvalue weighted by Gasteiger charge is -2.60. The van der Waals surface area contributed by atoms with E-state index in [1.807, 2.05) is 24.3 Å². The molecule has 0 saturated heterocycles. The van der Waals surface area contributed by atoms with Crippen LogP contribution < -0.4 is 10.2 Å². The van der Waals surface area contributed by atoms with E-state index in [9.17, 15) is 14.4 Å². The van der Waals surface area contributed by atoms with Gasteiger partial charge in [0.2, 0.25) is 5.91 Å². The molecule has 0 unspecified atom stereocenters. The van der Waals surface area contributed by atoms with Crippen molar-refractivity contribution in [3.05, 3.63) is 29.8 Å². The molecular formula is C34H48Cl2N2O4. The van der Waals surface area contributed by atoms with Crippen LogP contribution in [-0.2, 0) is 25.5 Å². The highest BCUT2D eigenvalue weighted by molar-refractivity contribution is 6.18. The fraction of sp³-hybridized carbons (Fsp3) is 0.735. The zero-order valence-electron chi connectivity index (χ0n) is 25.5. The smallest absolute Gasteiger partial charge is 0.329 e. The molecule has 0 radical (unpaired) electrons. The molecular weight excluding hydrogens is 571 g/mol. The number of hydrogen-bond acceptors (Lipinski definition) is 5. The summed E-state index contributed by atoms with van der Waals surface area (Å²) >= 11 is 11.9. The minimum atomic E-state index is -0.733. The lowest BCUT2D eigenvalue weighted by atomic mass is 9.45. The van der Waals surface area contributed by atoms with Crippen molar-refractivity contribution in [2.75, 3.05) is 29.7 Å². The van der Waals surface area contributed by atoms with Crippen molar-refractivity contribution in [3.63, 3.8) is 0 Å². The highest BCUT2D eigenvalue weighted by Gasteiger charge is 2.61. The van der Waals surface area contributed by atoms with Crippen LogP contribution in [0.25, 0.3) is 0 Å². The first-order chi connectivity index (χ1) is 20.1. The molecule has 42 heavy (non-hydrogen) atoms. The number of ether oxygens (including phenoxy) is 1. The molecule has 4 aliphatic carbocycles. The summed E-state index contributed by atoms with van der Waals surface area (Å²) in [6.45, 7) is 7.67. The zero-order valence-corrected chi connectivity index (χ0v) is 27.0. The van der Waals surface area contributed by atoms with Crippen LogP contribution in [0.1, 0.15) is 84.1 Å². The average Bonchev–Trinajstić information content (AvgIpc) is 3.29. The number of carbonyl (C=O) groups is 3. The Labute approximate surface area is 261 Å². The molecule has 1 aromatic carbocycles. The van der Waals surface area contributed by atoms with Crippen LogP contribution in [0.4, 0.5) is 5.69 Å². The fourth-order valence-electron chi connectivity index (χ4n) is 9.50. The summed E-state index contributed by atoms with van der Waals surface area (Å²) in [5, 5.41) is 2.86. The minimum Gasteiger partial charge on any atom is -0.460 e. The summed E-state index contributed by atoms with van der Waals surface area (Å²) in [5.41, 5.74) is 2.21. The Morgan fingerprint density at radius 1 is 0.976 bits per heavy atom. The first-order valence-corrected chi connectivity index (χ1v) is 17.1. The van der Waals surface area contributed by atoms with E-state index >= 15 is 0 Å². The van der Waals surface area contributed by atoms with E-state index in [0.29, 0.717) is 60.7 Å². The molecule has 1 aromatic rings. The van der Waals surface area contributed by atoms with Gasteiger partial charge in [-0.2, -0.15) is 0 Å². The van der Waals surface area contributed by atoms with E-state index in [-0.39, 0.29) is 28.8 Å². The number of fused-ring (bicyclic) bond motifs is 5. The van der Waals surface area contributed by atoms with Gasteiger partial charge in [0.15, 0.2) is 0 Å². The Morgan fingerprint density at radius 3 is 2.33 bits per heavy atom. The van der Waals surface area contributed by atoms with Gasteiger partial charge in [-0.25, -0.2) is 4.79 Å². The number of benzene rings is 1. The summed E-state index contributed by atoms with van der Waals surface area (Å²) in [4.78, 5) is 40.1. The molecule has 1 N–H and O–H groups in total. The van der Waals surface area contributed by atoms with E-state index in [1.165, 1.54) is 13.3 Å². The van der Waals surface area contributed by atoms with Crippen molar-refractivity contribution in [2.24, 2.45) is 34.5 Å². The lowest BCUT2D eigenvalue weighted by Crippen LogP contribution is -2.54. The van der Waals surface area contributed by atoms with Crippen molar-refractivity contribution in [3.8, 4) is 0 Å². The molecule has 4 saturated carbocycles. The maximum atomic E-state index is 13.6. The minimum absolute atomic E-state index is 0.0404. The number of halogens is 2. The second-order valence-corrected chi connectivity index (χ2v) is 14.7. The molecule has 6 nitrogen and oxygen atoms in total. The molecule has 1 amide bonds. The van der Waals surface area contributed by atoms with Crippen molar-refractivity contribution in [2.45, 2.75) is 97.1 Å². The van der Waals surface area contributed by atoms with Crippen molar-refractivity contribution >= 4 is 46.5 Å². The zero-order chi connectivity index (χ0) is 30.1. The van der Waals surface area contributed by atoms with Crippen LogP contribution in [0, 0.1) is 34.5 Å². The summed E-state index contributed by atoms with van der Waals surface area (Å²) < 4.78 is 6.33. The number of nitrogens with one attached hydrogen (secondary N) is 1. The molecule has 0 bridgehead atoms. The van der Waals surface area contributed by atoms with Crippen LogP contribution in [-0.4, -0.2) is 54.7 Å². The van der Waals surface area contributed by atoms with Gasteiger partial charge in [0, 0.05) is 62.1 Å². The van der Waals surface area contributed by atoms with Gasteiger partial charge in [0.1, 0.15) is 17.9 Å². The van der Waals surface area contributed by atoms with E-state index in [4.69, 9.17) is 27.9 Å². The standard InChI is InChI=1S/C34H48Cl2N2O4/c1-22(39)37-30(20-23-4-7-25(8-5-23)38(18-16-35)19-17-36)32(41)42-31-11-10-28-27-9-6-24-21-26(40)12-14-33(24,2)29(27)13-15-34(28,31)3/h4-5,7-8,24,27-31H,6,9-21H2,1-3H3,(H,37,39)/t24-,27-,28-,29-,30+,31+,33-,34-/m0/s1. The van der Waals surface area contributed by atoms with Crippen molar-refractivity contribution < 1.29 is 19.1 Å². The van der Waals surface area contributed by atoms with Gasteiger partial charge in [0.25, 0.3) is 0 Å². The first-order valence-electron chi connectivity index (χ1n) is 16.0. The third-order valence-electron chi connectivity index (χ3n) is 11.8. The topological polar surface area (TPSA) is 75.7 Å². The van der Waals surface area contributed by atoms with Crippen LogP contribution in [0.5, 0.6) is 0 Å². The molecule has 0 aliphatic heterocycles. The molecule has 8 heteroatoms. The number of hydrogen-bond donors (Lipinski definition) is 1. The fourth-order valence-corrected chi connectivity index (χ4v) is 9.91. The van der Waals surface area contributed by atoms with E-state index < -0.39 is 6.04 Å². The third kappa shape index (κ3) is 6.22. The van der Waals surface area contributed by atoms with Crippen LogP contribution in [0.3, 0.4) is 0 Å². The Balaban J connectivity index is 1.26. The Morgan fingerprint density at radius 2 is 1.67 bits per heavy atom. The summed E-state index contributed by atoms with van der Waals surface area (Å²) in [5.74, 6) is 3.29. The Bertz CT molecular complexity index is 1140. The number of anilines is 1. The lowest BCUT2D eigenvalue weighted by molar-refractivity contribution is -0.167. The predicted octanol–water partition coefficient (Wildman–Crippen LogP) is 6.54. The molecule has 232 valence electrons. The van der Waals surface area contributed by atoms with Gasteiger partial charge in [-0.3, -0.25) is 9.59 Å². The Kier molecular flexibility index (Phi) is 9.83. The quantitative estimate of drug-likeness (QED) is 0.238. The number of amides is 1. The maximum absolute atomic E-state index is 13.6. The number of carbonyl (C=O) groups excluding carboxylic acids is 3. The second kappa shape index (κ2) is 13.1. The van der Waals surface area contributed by atoms with Gasteiger partial charge in [-0.1, -0.05) is 26.0 Å². The Hall–Kier alpha value is -1.79. The molecule has 4 aliphatic rings. The molecule has 5 rings (SSSR count). The molecule has 0 heterocycles. The number of ketones is 1. The van der Waals surface area contributed by atoms with Crippen LogP contribution in [0.2, 0.25) is 0 Å². The number of nitrogens with zero attached hydrogens (tertiary/aromatic N) is 1. The average molecular weight is 620 g/mol. The van der Waals surface area contributed by atoms with E-state index in [0.717, 1.165) is 62.6 Å². The highest BCUT2D eigenvalue weighted by atomic mass is 35.5. The molecule has 4 fully saturated rings. The van der Waals surface area contributed by atoms with Gasteiger partial charge in [-0.15, -0.1) is 23.2 Å². The SMILES string of the molecule is CC(=O)N[C@H](Cc1ccc(N(CCCl)CCCl)cc1)C(=O)O[C@@H]1CC[C@H]2[C@@H]3CC[C@H]4CC(=O)CC[C@]4(C)[C@H]3CC[C@]12C. The number of esters is 1. The predicted molar refractivity (Wildman–Crippen MR) is 168 cm³/mol. The normalized spacial score (nSPS) is 34.5. The maximum Gasteiger partial charge on any atom is 0.329 e. The van der Waals surface area contributed by atoms with Crippen LogP contribution >= 0.6 is 23.2 Å². The van der Waals surface area contributed by atoms with E-state index in [1.54, 1.807) is 0 Å². The van der Waals surface area contributed by atoms with E-state index in [2.05, 4.69) is 24.1 Å². The number of rotatable bonds is 10. The largest absolute Gasteiger partial charge is 0.460 e. The molecule has 0 aromatic heterocycles. The number of Topliss-reactive ketones (excluding diaryl/α,β-unsaturated/α-hetero) is 1. The van der Waals surface area contributed by atoms with Crippen molar-refractivity contribution in [1.82, 2.24) is 5.32 Å². The number of alkyl halides is 2. The van der Waals surface area contributed by atoms with Gasteiger partial charge in [0.05, 0.1) is 0 Å². The van der Waals surface area contributed by atoms with Crippen LogP contribution in [0.15, 0.2) is 24.3 Å². The summed E-state index contributed by atoms with van der Waals surface area (Å²) in [7, 11) is 0. The highest BCUT2D eigenvalue weighted by Crippen LogP contribution is 2.66. The summed E-state index contributed by atoms with van der Waals surface area (Å²) in [6.07, 6.45) is 9.31. The van der Waals surface area contributed by atoms with Gasteiger partial charge < -0.3 is 15.0 Å².